The fourth-order valence-corrected chi connectivity index (χ4v) is 4.20. The first-order valence-corrected chi connectivity index (χ1v) is 10.3. The lowest BCUT2D eigenvalue weighted by Gasteiger charge is -2.37. The molecule has 1 aliphatic rings. The molecule has 1 atom stereocenters. The summed E-state index contributed by atoms with van der Waals surface area (Å²) in [5.41, 5.74) is 3.33. The lowest BCUT2D eigenvalue weighted by Crippen LogP contribution is -2.50. The molecule has 2 heterocycles. The van der Waals surface area contributed by atoms with Crippen molar-refractivity contribution in [2.75, 3.05) is 31.1 Å². The van der Waals surface area contributed by atoms with Crippen LogP contribution in [-0.4, -0.2) is 46.5 Å². The second-order valence-electron chi connectivity index (χ2n) is 7.33. The van der Waals surface area contributed by atoms with E-state index in [0.717, 1.165) is 56.2 Å². The summed E-state index contributed by atoms with van der Waals surface area (Å²) >= 11 is 0. The van der Waals surface area contributed by atoms with Crippen LogP contribution in [0.4, 0.5) is 5.95 Å². The van der Waals surface area contributed by atoms with E-state index in [1.165, 1.54) is 5.52 Å². The summed E-state index contributed by atoms with van der Waals surface area (Å²) in [7, 11) is 0. The van der Waals surface area contributed by atoms with Crippen molar-refractivity contribution in [2.45, 2.75) is 32.7 Å². The van der Waals surface area contributed by atoms with Gasteiger partial charge in [-0.25, -0.2) is 4.98 Å². The number of piperazine rings is 1. The minimum absolute atomic E-state index is 0.0482. The third-order valence-electron chi connectivity index (χ3n) is 5.73. The first kappa shape index (κ1) is 18.5. The van der Waals surface area contributed by atoms with Gasteiger partial charge in [0.2, 0.25) is 11.9 Å². The highest BCUT2D eigenvalue weighted by atomic mass is 16.2. The average Bonchev–Trinajstić information content (AvgIpc) is 3.14. The fourth-order valence-electron chi connectivity index (χ4n) is 4.20. The SMILES string of the molecule is CC[C@@H](C(=O)N1CCN(c2nc3ccccc3n2CC)CC1)c1ccccc1. The number of benzene rings is 2. The van der Waals surface area contributed by atoms with Crippen LogP contribution in [-0.2, 0) is 11.3 Å². The molecule has 0 radical (unpaired) electrons. The van der Waals surface area contributed by atoms with Crippen molar-refractivity contribution in [1.29, 1.82) is 0 Å². The lowest BCUT2D eigenvalue weighted by molar-refractivity contribution is -0.133. The first-order chi connectivity index (χ1) is 13.7. The maximum Gasteiger partial charge on any atom is 0.230 e. The Labute approximate surface area is 166 Å². The summed E-state index contributed by atoms with van der Waals surface area (Å²) in [6.07, 6.45) is 0.828. The van der Waals surface area contributed by atoms with Crippen LogP contribution < -0.4 is 4.90 Å². The van der Waals surface area contributed by atoms with Gasteiger partial charge in [-0.15, -0.1) is 0 Å². The highest BCUT2D eigenvalue weighted by Crippen LogP contribution is 2.26. The van der Waals surface area contributed by atoms with Crippen LogP contribution in [0.3, 0.4) is 0 Å². The van der Waals surface area contributed by atoms with E-state index in [1.54, 1.807) is 0 Å². The predicted molar refractivity (Wildman–Crippen MR) is 114 cm³/mol. The molecule has 1 aliphatic heterocycles. The maximum absolute atomic E-state index is 13.1. The van der Waals surface area contributed by atoms with Crippen LogP contribution in [0.15, 0.2) is 54.6 Å². The molecular weight excluding hydrogens is 348 g/mol. The Morgan fingerprint density at radius 3 is 2.32 bits per heavy atom. The van der Waals surface area contributed by atoms with E-state index in [0.29, 0.717) is 0 Å². The Morgan fingerprint density at radius 2 is 1.64 bits per heavy atom. The number of rotatable bonds is 5. The number of aromatic nitrogens is 2. The molecule has 0 spiro atoms. The lowest BCUT2D eigenvalue weighted by atomic mass is 9.95. The number of carbonyl (C=O) groups excluding carboxylic acids is 1. The van der Waals surface area contributed by atoms with Gasteiger partial charge < -0.3 is 14.4 Å². The van der Waals surface area contributed by atoms with E-state index < -0.39 is 0 Å². The van der Waals surface area contributed by atoms with Gasteiger partial charge in [0.05, 0.1) is 17.0 Å². The zero-order valence-electron chi connectivity index (χ0n) is 16.7. The third-order valence-corrected chi connectivity index (χ3v) is 5.73. The van der Waals surface area contributed by atoms with Crippen LogP contribution in [0.5, 0.6) is 0 Å². The normalized spacial score (nSPS) is 15.8. The fraction of sp³-hybridized carbons (Fsp3) is 0.391. The summed E-state index contributed by atoms with van der Waals surface area (Å²) in [6, 6.07) is 18.4. The van der Waals surface area contributed by atoms with Gasteiger partial charge in [-0.05, 0) is 31.0 Å². The summed E-state index contributed by atoms with van der Waals surface area (Å²) in [5, 5.41) is 0. The van der Waals surface area contributed by atoms with E-state index in [2.05, 4.69) is 53.6 Å². The average molecular weight is 377 g/mol. The molecule has 28 heavy (non-hydrogen) atoms. The molecule has 0 saturated carbocycles. The van der Waals surface area contributed by atoms with E-state index in [-0.39, 0.29) is 11.8 Å². The minimum atomic E-state index is -0.0482. The van der Waals surface area contributed by atoms with Gasteiger partial charge in [-0.3, -0.25) is 4.79 Å². The second kappa shape index (κ2) is 8.05. The Hall–Kier alpha value is -2.82. The number of carbonyl (C=O) groups is 1. The van der Waals surface area contributed by atoms with Crippen molar-refractivity contribution >= 4 is 22.9 Å². The number of hydrogen-bond donors (Lipinski definition) is 0. The molecule has 4 rings (SSSR count). The van der Waals surface area contributed by atoms with Crippen LogP contribution in [0.2, 0.25) is 0 Å². The smallest absolute Gasteiger partial charge is 0.230 e. The molecule has 2 aromatic carbocycles. The van der Waals surface area contributed by atoms with Gasteiger partial charge in [0.1, 0.15) is 0 Å². The summed E-state index contributed by atoms with van der Waals surface area (Å²) in [6.45, 7) is 8.27. The number of para-hydroxylation sites is 2. The van der Waals surface area contributed by atoms with Crippen LogP contribution >= 0.6 is 0 Å². The van der Waals surface area contributed by atoms with Crippen LogP contribution in [0.1, 0.15) is 31.7 Å². The molecule has 1 fully saturated rings. The van der Waals surface area contributed by atoms with Gasteiger partial charge in [0.15, 0.2) is 0 Å². The highest BCUT2D eigenvalue weighted by molar-refractivity contribution is 5.84. The highest BCUT2D eigenvalue weighted by Gasteiger charge is 2.29. The van der Waals surface area contributed by atoms with Gasteiger partial charge in [0.25, 0.3) is 0 Å². The van der Waals surface area contributed by atoms with Crippen molar-refractivity contribution in [3.05, 3.63) is 60.2 Å². The number of anilines is 1. The van der Waals surface area contributed by atoms with E-state index in [9.17, 15) is 4.79 Å². The molecule has 0 N–H and O–H groups in total. The quantitative estimate of drug-likeness (QED) is 0.678. The summed E-state index contributed by atoms with van der Waals surface area (Å²) in [4.78, 5) is 22.3. The van der Waals surface area contributed by atoms with E-state index >= 15 is 0 Å². The number of fused-ring (bicyclic) bond motifs is 1. The standard InChI is InChI=1S/C23H28N4O/c1-3-19(18-10-6-5-7-11-18)22(28)25-14-16-26(17-15-25)23-24-20-12-8-9-13-21(20)27(23)4-2/h5-13,19H,3-4,14-17H2,1-2H3/t19-/m1/s1. The molecule has 5 nitrogen and oxygen atoms in total. The zero-order chi connectivity index (χ0) is 19.5. The monoisotopic (exact) mass is 376 g/mol. The van der Waals surface area contributed by atoms with Crippen LogP contribution in [0, 0.1) is 0 Å². The topological polar surface area (TPSA) is 41.4 Å². The van der Waals surface area contributed by atoms with Crippen molar-refractivity contribution < 1.29 is 4.79 Å². The van der Waals surface area contributed by atoms with E-state index in [4.69, 9.17) is 4.98 Å². The molecule has 1 amide bonds. The first-order valence-electron chi connectivity index (χ1n) is 10.3. The van der Waals surface area contributed by atoms with Crippen LogP contribution in [0.25, 0.3) is 11.0 Å². The molecular formula is C23H28N4O. The zero-order valence-corrected chi connectivity index (χ0v) is 16.7. The third kappa shape index (κ3) is 3.37. The van der Waals surface area contributed by atoms with Gasteiger partial charge in [0, 0.05) is 32.7 Å². The number of aryl methyl sites for hydroxylation is 1. The van der Waals surface area contributed by atoms with Crippen molar-refractivity contribution in [1.82, 2.24) is 14.5 Å². The molecule has 3 aromatic rings. The Bertz CT molecular complexity index is 942. The molecule has 0 bridgehead atoms. The van der Waals surface area contributed by atoms with Gasteiger partial charge in [-0.1, -0.05) is 49.4 Å². The van der Waals surface area contributed by atoms with Gasteiger partial charge >= 0.3 is 0 Å². The number of amides is 1. The number of imidazole rings is 1. The maximum atomic E-state index is 13.1. The summed E-state index contributed by atoms with van der Waals surface area (Å²) < 4.78 is 2.27. The number of nitrogens with zero attached hydrogens (tertiary/aromatic N) is 4. The predicted octanol–water partition coefficient (Wildman–Crippen LogP) is 3.90. The van der Waals surface area contributed by atoms with Crippen molar-refractivity contribution in [3.63, 3.8) is 0 Å². The second-order valence-corrected chi connectivity index (χ2v) is 7.33. The van der Waals surface area contributed by atoms with Crippen molar-refractivity contribution in [2.24, 2.45) is 0 Å². The number of hydrogen-bond acceptors (Lipinski definition) is 3. The summed E-state index contributed by atoms with van der Waals surface area (Å²) in [5.74, 6) is 1.22. The molecule has 1 aromatic heterocycles. The molecule has 5 heteroatoms. The Morgan fingerprint density at radius 1 is 0.964 bits per heavy atom. The van der Waals surface area contributed by atoms with E-state index in [1.807, 2.05) is 29.2 Å². The molecule has 146 valence electrons. The van der Waals surface area contributed by atoms with Crippen molar-refractivity contribution in [3.8, 4) is 0 Å². The molecule has 0 aliphatic carbocycles. The molecule has 1 saturated heterocycles. The Balaban J connectivity index is 1.48. The molecule has 0 unspecified atom stereocenters. The largest absolute Gasteiger partial charge is 0.339 e. The van der Waals surface area contributed by atoms with Gasteiger partial charge in [-0.2, -0.15) is 0 Å². The Kier molecular flexibility index (Phi) is 5.33. The minimum Gasteiger partial charge on any atom is -0.339 e.